The van der Waals surface area contributed by atoms with Crippen LogP contribution in [-0.2, 0) is 11.3 Å². The smallest absolute Gasteiger partial charge is 0.275 e. The summed E-state index contributed by atoms with van der Waals surface area (Å²) in [5.41, 5.74) is 1.51. The zero-order chi connectivity index (χ0) is 21.3. The minimum atomic E-state index is -0.289. The molecule has 6 nitrogen and oxygen atoms in total. The van der Waals surface area contributed by atoms with Crippen molar-refractivity contribution in [3.8, 4) is 0 Å². The van der Waals surface area contributed by atoms with Gasteiger partial charge in [-0.2, -0.15) is 5.10 Å². The van der Waals surface area contributed by atoms with Crippen molar-refractivity contribution < 1.29 is 4.79 Å². The third kappa shape index (κ3) is 4.26. The third-order valence-electron chi connectivity index (χ3n) is 5.50. The molecular formula is C23H25BrN4O2. The lowest BCUT2D eigenvalue weighted by Crippen LogP contribution is -2.38. The van der Waals surface area contributed by atoms with Crippen LogP contribution in [-0.4, -0.2) is 28.8 Å². The third-order valence-corrected chi connectivity index (χ3v) is 6.15. The minimum Gasteiger partial charge on any atom is -0.354 e. The first-order valence-corrected chi connectivity index (χ1v) is 11.0. The Labute approximate surface area is 184 Å². The number of halogens is 1. The summed E-state index contributed by atoms with van der Waals surface area (Å²) >= 11 is 3.47. The molecule has 7 heteroatoms. The van der Waals surface area contributed by atoms with Crippen LogP contribution in [0.2, 0.25) is 0 Å². The van der Waals surface area contributed by atoms with Crippen LogP contribution in [0.4, 0.5) is 11.5 Å². The van der Waals surface area contributed by atoms with Crippen molar-refractivity contribution >= 4 is 44.1 Å². The zero-order valence-corrected chi connectivity index (χ0v) is 18.8. The number of benzene rings is 2. The maximum Gasteiger partial charge on any atom is 0.275 e. The van der Waals surface area contributed by atoms with Gasteiger partial charge in [0.05, 0.1) is 11.1 Å². The Balaban J connectivity index is 1.67. The molecule has 2 aromatic carbocycles. The lowest BCUT2D eigenvalue weighted by atomic mass is 10.00. The van der Waals surface area contributed by atoms with E-state index in [-0.39, 0.29) is 18.0 Å². The van der Waals surface area contributed by atoms with Crippen LogP contribution in [0, 0.1) is 12.8 Å². The van der Waals surface area contributed by atoms with E-state index in [1.807, 2.05) is 43.3 Å². The number of rotatable bonds is 4. The number of carbonyl (C=O) groups excluding carboxylic acids is 1. The van der Waals surface area contributed by atoms with Crippen molar-refractivity contribution in [3.63, 3.8) is 0 Å². The molecule has 0 radical (unpaired) electrons. The molecular weight excluding hydrogens is 444 g/mol. The zero-order valence-electron chi connectivity index (χ0n) is 17.2. The Hall–Kier alpha value is -2.67. The number of hydrogen-bond acceptors (Lipinski definition) is 4. The van der Waals surface area contributed by atoms with Crippen LogP contribution in [0.3, 0.4) is 0 Å². The molecule has 1 N–H and O–H groups in total. The maximum atomic E-state index is 13.0. The molecule has 0 aliphatic carbocycles. The van der Waals surface area contributed by atoms with Crippen LogP contribution in [0.15, 0.2) is 51.7 Å². The van der Waals surface area contributed by atoms with Gasteiger partial charge in [-0.15, -0.1) is 0 Å². The second-order valence-electron chi connectivity index (χ2n) is 8.06. The molecule has 3 aromatic rings. The fourth-order valence-corrected chi connectivity index (χ4v) is 4.58. The number of hydrogen-bond donors (Lipinski definition) is 1. The van der Waals surface area contributed by atoms with Gasteiger partial charge in [-0.05, 0) is 65.4 Å². The van der Waals surface area contributed by atoms with Crippen LogP contribution >= 0.6 is 15.9 Å². The number of carbonyl (C=O) groups is 1. The van der Waals surface area contributed by atoms with Crippen LogP contribution < -0.4 is 15.8 Å². The Bertz CT molecular complexity index is 1160. The second kappa shape index (κ2) is 8.60. The van der Waals surface area contributed by atoms with E-state index >= 15 is 0 Å². The second-order valence-corrected chi connectivity index (χ2v) is 8.91. The first-order chi connectivity index (χ1) is 14.4. The lowest BCUT2D eigenvalue weighted by Gasteiger charge is -2.32. The normalized spacial score (nSPS) is 16.6. The highest BCUT2D eigenvalue weighted by molar-refractivity contribution is 9.10. The van der Waals surface area contributed by atoms with E-state index in [2.05, 4.69) is 38.2 Å². The Kier molecular flexibility index (Phi) is 5.90. The van der Waals surface area contributed by atoms with Crippen molar-refractivity contribution in [3.05, 3.63) is 62.9 Å². The molecule has 156 valence electrons. The number of piperidine rings is 1. The average molecular weight is 469 g/mol. The van der Waals surface area contributed by atoms with Gasteiger partial charge in [0, 0.05) is 22.9 Å². The standard InChI is InChI=1S/C23H25BrN4O2/c1-15-9-10-20(19(24)12-15)25-21(29)14-28-23(30)18-8-4-3-7-17(18)22(26-28)27-11-5-6-16(2)13-27/h3-4,7-10,12,16H,5-6,11,13-14H2,1-2H3,(H,25,29)/t16-/m0/s1. The topological polar surface area (TPSA) is 67.2 Å². The quantitative estimate of drug-likeness (QED) is 0.618. The first kappa shape index (κ1) is 20.6. The number of anilines is 2. The van der Waals surface area contributed by atoms with E-state index in [9.17, 15) is 9.59 Å². The Morgan fingerprint density at radius 3 is 2.73 bits per heavy atom. The van der Waals surface area contributed by atoms with Gasteiger partial charge in [0.1, 0.15) is 6.54 Å². The van der Waals surface area contributed by atoms with E-state index in [4.69, 9.17) is 0 Å². The highest BCUT2D eigenvalue weighted by Crippen LogP contribution is 2.27. The molecule has 1 atom stereocenters. The van der Waals surface area contributed by atoms with Gasteiger partial charge in [-0.3, -0.25) is 9.59 Å². The predicted octanol–water partition coefficient (Wildman–Crippen LogP) is 4.34. The highest BCUT2D eigenvalue weighted by Gasteiger charge is 2.22. The van der Waals surface area contributed by atoms with Gasteiger partial charge >= 0.3 is 0 Å². The molecule has 0 bridgehead atoms. The number of amides is 1. The largest absolute Gasteiger partial charge is 0.354 e. The van der Waals surface area contributed by atoms with Crippen molar-refractivity contribution in [2.24, 2.45) is 5.92 Å². The summed E-state index contributed by atoms with van der Waals surface area (Å²) in [4.78, 5) is 28.0. The monoisotopic (exact) mass is 468 g/mol. The van der Waals surface area contributed by atoms with Gasteiger partial charge < -0.3 is 10.2 Å². The average Bonchev–Trinajstić information content (AvgIpc) is 2.72. The summed E-state index contributed by atoms with van der Waals surface area (Å²) in [5.74, 6) is 1.06. The molecule has 0 unspecified atom stereocenters. The molecule has 1 saturated heterocycles. The van der Waals surface area contributed by atoms with Gasteiger partial charge in [-0.25, -0.2) is 4.68 Å². The van der Waals surface area contributed by atoms with E-state index in [1.165, 1.54) is 11.1 Å². The van der Waals surface area contributed by atoms with Crippen LogP contribution in [0.25, 0.3) is 10.8 Å². The molecule has 0 spiro atoms. The molecule has 30 heavy (non-hydrogen) atoms. The molecule has 1 aromatic heterocycles. The summed E-state index contributed by atoms with van der Waals surface area (Å²) in [6, 6.07) is 13.2. The molecule has 4 rings (SSSR count). The number of aryl methyl sites for hydroxylation is 1. The predicted molar refractivity (Wildman–Crippen MR) is 124 cm³/mol. The fourth-order valence-electron chi connectivity index (χ4n) is 3.99. The Morgan fingerprint density at radius 1 is 1.23 bits per heavy atom. The van der Waals surface area contributed by atoms with E-state index in [0.717, 1.165) is 40.8 Å². The SMILES string of the molecule is Cc1ccc(NC(=O)Cn2nc(N3CCC[C@H](C)C3)c3ccccc3c2=O)c(Br)c1. The number of nitrogens with one attached hydrogen (secondary N) is 1. The minimum absolute atomic E-state index is 0.139. The van der Waals surface area contributed by atoms with Gasteiger partial charge in [0.2, 0.25) is 5.91 Å². The number of fused-ring (bicyclic) bond motifs is 1. The number of aromatic nitrogens is 2. The summed E-state index contributed by atoms with van der Waals surface area (Å²) in [7, 11) is 0. The first-order valence-electron chi connectivity index (χ1n) is 10.2. The van der Waals surface area contributed by atoms with Crippen molar-refractivity contribution in [2.75, 3.05) is 23.3 Å². The lowest BCUT2D eigenvalue weighted by molar-refractivity contribution is -0.117. The van der Waals surface area contributed by atoms with Crippen molar-refractivity contribution in [2.45, 2.75) is 33.2 Å². The molecule has 1 fully saturated rings. The molecule has 1 aliphatic heterocycles. The number of nitrogens with zero attached hydrogens (tertiary/aromatic N) is 3. The van der Waals surface area contributed by atoms with Crippen LogP contribution in [0.1, 0.15) is 25.3 Å². The van der Waals surface area contributed by atoms with Gasteiger partial charge in [0.15, 0.2) is 5.82 Å². The van der Waals surface area contributed by atoms with Crippen molar-refractivity contribution in [1.82, 2.24) is 9.78 Å². The summed E-state index contributed by atoms with van der Waals surface area (Å²) < 4.78 is 2.09. The Morgan fingerprint density at radius 2 is 2.00 bits per heavy atom. The van der Waals surface area contributed by atoms with E-state index in [1.54, 1.807) is 6.07 Å². The highest BCUT2D eigenvalue weighted by atomic mass is 79.9. The summed E-state index contributed by atoms with van der Waals surface area (Å²) in [6.07, 6.45) is 2.29. The van der Waals surface area contributed by atoms with Crippen molar-refractivity contribution in [1.29, 1.82) is 0 Å². The molecule has 1 amide bonds. The van der Waals surface area contributed by atoms with Gasteiger partial charge in [-0.1, -0.05) is 31.2 Å². The molecule has 1 aliphatic rings. The maximum absolute atomic E-state index is 13.0. The van der Waals surface area contributed by atoms with Gasteiger partial charge in [0.25, 0.3) is 5.56 Å². The fraction of sp³-hybridized carbons (Fsp3) is 0.348. The summed E-state index contributed by atoms with van der Waals surface area (Å²) in [6.45, 7) is 5.88. The van der Waals surface area contributed by atoms with Crippen LogP contribution in [0.5, 0.6) is 0 Å². The van der Waals surface area contributed by atoms with E-state index in [0.29, 0.717) is 17.0 Å². The molecule has 2 heterocycles. The summed E-state index contributed by atoms with van der Waals surface area (Å²) in [5, 5.41) is 8.93. The molecule has 0 saturated carbocycles. The van der Waals surface area contributed by atoms with E-state index < -0.39 is 0 Å².